The molecule has 0 aromatic heterocycles. The van der Waals surface area contributed by atoms with E-state index in [-0.39, 0.29) is 12.6 Å². The fraction of sp³-hybridized carbons (Fsp3) is 1.00. The molecule has 1 aliphatic heterocycles. The zero-order valence-electron chi connectivity index (χ0n) is 8.42. The van der Waals surface area contributed by atoms with Crippen LogP contribution in [0, 0.1) is 0 Å². The molecule has 0 aliphatic carbocycles. The first-order valence-electron chi connectivity index (χ1n) is 4.92. The molecule has 0 bridgehead atoms. The lowest BCUT2D eigenvalue weighted by Gasteiger charge is -2.24. The van der Waals surface area contributed by atoms with Crippen molar-refractivity contribution in [2.45, 2.75) is 25.0 Å². The van der Waals surface area contributed by atoms with Crippen LogP contribution in [0.25, 0.3) is 0 Å². The van der Waals surface area contributed by atoms with E-state index < -0.39 is 22.0 Å². The first-order valence-corrected chi connectivity index (χ1v) is 6.52. The molecule has 15 heavy (non-hydrogen) atoms. The van der Waals surface area contributed by atoms with Crippen molar-refractivity contribution < 1.29 is 22.8 Å². The maximum absolute atomic E-state index is 10.4. The summed E-state index contributed by atoms with van der Waals surface area (Å²) in [5, 5.41) is 12.3. The van der Waals surface area contributed by atoms with Crippen LogP contribution < -0.4 is 5.32 Å². The molecule has 1 unspecified atom stereocenters. The number of ether oxygens (including phenoxy) is 1. The predicted molar refractivity (Wildman–Crippen MR) is 54.3 cm³/mol. The molecule has 0 aromatic rings. The minimum absolute atomic E-state index is 0.171. The molecule has 1 aliphatic rings. The van der Waals surface area contributed by atoms with Crippen molar-refractivity contribution in [2.24, 2.45) is 0 Å². The summed E-state index contributed by atoms with van der Waals surface area (Å²) in [6.07, 6.45) is 0.653. The predicted octanol–water partition coefficient (Wildman–Crippen LogP) is -0.996. The summed E-state index contributed by atoms with van der Waals surface area (Å²) in [5.74, 6) is -0.622. The van der Waals surface area contributed by atoms with Crippen molar-refractivity contribution in [1.29, 1.82) is 0 Å². The zero-order chi connectivity index (χ0) is 11.3. The smallest absolute Gasteiger partial charge is 0.267 e. The molecular weight excluding hydrogens is 222 g/mol. The molecule has 6 nitrogen and oxygen atoms in total. The Morgan fingerprint density at radius 1 is 1.40 bits per heavy atom. The largest absolute Gasteiger partial charge is 0.391 e. The number of rotatable bonds is 5. The lowest BCUT2D eigenvalue weighted by atomic mass is 10.1. The SMILES string of the molecule is O=S(=O)(O)CC(O)CNC1CCOCC1. The lowest BCUT2D eigenvalue weighted by Crippen LogP contribution is -2.41. The normalized spacial score (nSPS) is 21.5. The van der Waals surface area contributed by atoms with Gasteiger partial charge in [-0.05, 0) is 12.8 Å². The van der Waals surface area contributed by atoms with E-state index in [4.69, 9.17) is 9.29 Å². The van der Waals surface area contributed by atoms with E-state index in [2.05, 4.69) is 5.32 Å². The maximum atomic E-state index is 10.4. The monoisotopic (exact) mass is 239 g/mol. The first-order chi connectivity index (χ1) is 6.97. The van der Waals surface area contributed by atoms with Gasteiger partial charge in [-0.25, -0.2) is 0 Å². The van der Waals surface area contributed by atoms with E-state index in [0.29, 0.717) is 13.2 Å². The van der Waals surface area contributed by atoms with Crippen LogP contribution in [0.1, 0.15) is 12.8 Å². The molecule has 0 spiro atoms. The van der Waals surface area contributed by atoms with Gasteiger partial charge in [0.25, 0.3) is 10.1 Å². The molecule has 3 N–H and O–H groups in total. The number of hydrogen-bond donors (Lipinski definition) is 3. The van der Waals surface area contributed by atoms with Gasteiger partial charge in [-0.3, -0.25) is 4.55 Å². The summed E-state index contributed by atoms with van der Waals surface area (Å²) in [6, 6.07) is 0.259. The quantitative estimate of drug-likeness (QED) is 0.533. The summed E-state index contributed by atoms with van der Waals surface area (Å²) in [6.45, 7) is 1.54. The van der Waals surface area contributed by atoms with Gasteiger partial charge in [0.15, 0.2) is 0 Å². The second-order valence-electron chi connectivity index (χ2n) is 3.70. The fourth-order valence-corrected chi connectivity index (χ4v) is 2.11. The van der Waals surface area contributed by atoms with Gasteiger partial charge in [-0.1, -0.05) is 0 Å². The van der Waals surface area contributed by atoms with E-state index in [0.717, 1.165) is 12.8 Å². The Balaban J connectivity index is 2.18. The second-order valence-corrected chi connectivity index (χ2v) is 5.19. The summed E-state index contributed by atoms with van der Waals surface area (Å²) >= 11 is 0. The van der Waals surface area contributed by atoms with Gasteiger partial charge in [-0.15, -0.1) is 0 Å². The van der Waals surface area contributed by atoms with Gasteiger partial charge >= 0.3 is 0 Å². The van der Waals surface area contributed by atoms with Crippen LogP contribution >= 0.6 is 0 Å². The minimum Gasteiger partial charge on any atom is -0.391 e. The molecular formula is C8H17NO5S. The average Bonchev–Trinajstić information content (AvgIpc) is 2.14. The van der Waals surface area contributed by atoms with E-state index >= 15 is 0 Å². The fourth-order valence-electron chi connectivity index (χ4n) is 1.51. The summed E-state index contributed by atoms with van der Waals surface area (Å²) < 4.78 is 34.5. The third-order valence-corrected chi connectivity index (χ3v) is 3.07. The lowest BCUT2D eigenvalue weighted by molar-refractivity contribution is 0.0736. The number of hydrogen-bond acceptors (Lipinski definition) is 5. The Hall–Kier alpha value is -0.210. The molecule has 0 amide bonds. The van der Waals surface area contributed by atoms with Crippen LogP contribution in [0.5, 0.6) is 0 Å². The molecule has 1 saturated heterocycles. The molecule has 7 heteroatoms. The van der Waals surface area contributed by atoms with E-state index in [9.17, 15) is 13.5 Å². The van der Waals surface area contributed by atoms with Gasteiger partial charge in [0.1, 0.15) is 5.75 Å². The van der Waals surface area contributed by atoms with Crippen LogP contribution in [-0.2, 0) is 14.9 Å². The Bertz CT molecular complexity index is 273. The third kappa shape index (κ3) is 6.06. The van der Waals surface area contributed by atoms with Gasteiger partial charge in [0.05, 0.1) is 6.10 Å². The highest BCUT2D eigenvalue weighted by Crippen LogP contribution is 2.05. The van der Waals surface area contributed by atoms with Gasteiger partial charge in [0, 0.05) is 25.8 Å². The Morgan fingerprint density at radius 3 is 2.53 bits per heavy atom. The molecule has 1 atom stereocenters. The van der Waals surface area contributed by atoms with Crippen molar-refractivity contribution in [3.05, 3.63) is 0 Å². The minimum atomic E-state index is -4.09. The standard InChI is InChI=1S/C8H17NO5S/c10-8(6-15(11,12)13)5-9-7-1-3-14-4-2-7/h7-10H,1-6H2,(H,11,12,13). The van der Waals surface area contributed by atoms with Crippen LogP contribution in [-0.4, -0.2) is 55.7 Å². The highest BCUT2D eigenvalue weighted by Gasteiger charge is 2.17. The van der Waals surface area contributed by atoms with Crippen LogP contribution in [0.2, 0.25) is 0 Å². The summed E-state index contributed by atoms with van der Waals surface area (Å²) in [7, 11) is -4.09. The van der Waals surface area contributed by atoms with Crippen molar-refractivity contribution in [3.63, 3.8) is 0 Å². The maximum Gasteiger partial charge on any atom is 0.267 e. The Labute approximate surface area is 89.4 Å². The zero-order valence-corrected chi connectivity index (χ0v) is 9.24. The van der Waals surface area contributed by atoms with Crippen molar-refractivity contribution in [3.8, 4) is 0 Å². The van der Waals surface area contributed by atoms with Crippen LogP contribution in [0.15, 0.2) is 0 Å². The first kappa shape index (κ1) is 12.9. The van der Waals surface area contributed by atoms with Crippen molar-refractivity contribution >= 4 is 10.1 Å². The molecule has 0 saturated carbocycles. The number of aliphatic hydroxyl groups is 1. The molecule has 90 valence electrons. The Morgan fingerprint density at radius 2 is 2.00 bits per heavy atom. The second kappa shape index (κ2) is 5.76. The Kier molecular flexibility index (Phi) is 4.94. The third-order valence-electron chi connectivity index (χ3n) is 2.27. The van der Waals surface area contributed by atoms with E-state index in [1.807, 2.05) is 0 Å². The molecule has 0 aromatic carbocycles. The average molecular weight is 239 g/mol. The topological polar surface area (TPSA) is 95.9 Å². The summed E-state index contributed by atoms with van der Waals surface area (Å²) in [5.41, 5.74) is 0. The summed E-state index contributed by atoms with van der Waals surface area (Å²) in [4.78, 5) is 0. The number of aliphatic hydroxyl groups excluding tert-OH is 1. The van der Waals surface area contributed by atoms with Gasteiger partial charge in [0.2, 0.25) is 0 Å². The molecule has 1 fully saturated rings. The van der Waals surface area contributed by atoms with Crippen LogP contribution in [0.4, 0.5) is 0 Å². The highest BCUT2D eigenvalue weighted by molar-refractivity contribution is 7.85. The highest BCUT2D eigenvalue weighted by atomic mass is 32.2. The molecule has 0 radical (unpaired) electrons. The van der Waals surface area contributed by atoms with Gasteiger partial charge in [-0.2, -0.15) is 8.42 Å². The van der Waals surface area contributed by atoms with Crippen LogP contribution in [0.3, 0.4) is 0 Å². The van der Waals surface area contributed by atoms with E-state index in [1.54, 1.807) is 0 Å². The molecule has 1 heterocycles. The molecule has 1 rings (SSSR count). The van der Waals surface area contributed by atoms with E-state index in [1.165, 1.54) is 0 Å². The number of nitrogens with one attached hydrogen (secondary N) is 1. The van der Waals surface area contributed by atoms with Crippen molar-refractivity contribution in [2.75, 3.05) is 25.5 Å². The van der Waals surface area contributed by atoms with Gasteiger partial charge < -0.3 is 15.2 Å². The van der Waals surface area contributed by atoms with Crippen molar-refractivity contribution in [1.82, 2.24) is 5.32 Å².